The summed E-state index contributed by atoms with van der Waals surface area (Å²) in [6.45, 7) is 2.89. The Kier molecular flexibility index (Phi) is 4.19. The number of rotatable bonds is 4. The first-order chi connectivity index (χ1) is 14.2. The van der Waals surface area contributed by atoms with Crippen LogP contribution in [0.5, 0.6) is 0 Å². The van der Waals surface area contributed by atoms with Crippen molar-refractivity contribution < 1.29 is 4.79 Å². The Hall–Kier alpha value is -3.41. The molecule has 1 aromatic carbocycles. The summed E-state index contributed by atoms with van der Waals surface area (Å²) in [6.07, 6.45) is 8.25. The maximum atomic E-state index is 13.5. The van der Waals surface area contributed by atoms with Crippen molar-refractivity contribution in [2.24, 2.45) is 0 Å². The van der Waals surface area contributed by atoms with Gasteiger partial charge in [0.1, 0.15) is 5.69 Å². The van der Waals surface area contributed by atoms with Crippen LogP contribution < -0.4 is 0 Å². The van der Waals surface area contributed by atoms with E-state index in [1.54, 1.807) is 6.20 Å². The predicted octanol–water partition coefficient (Wildman–Crippen LogP) is 4.49. The minimum atomic E-state index is -0.336. The van der Waals surface area contributed by atoms with Gasteiger partial charge in [0.2, 0.25) is 0 Å². The van der Waals surface area contributed by atoms with Gasteiger partial charge >= 0.3 is 0 Å². The average Bonchev–Trinajstić information content (AvgIpc) is 3.52. The number of nitrogens with zero attached hydrogens (tertiary/aromatic N) is 3. The molecule has 0 spiro atoms. The van der Waals surface area contributed by atoms with E-state index >= 15 is 0 Å². The van der Waals surface area contributed by atoms with E-state index in [9.17, 15) is 4.79 Å². The zero-order chi connectivity index (χ0) is 19.8. The van der Waals surface area contributed by atoms with Gasteiger partial charge in [0.25, 0.3) is 5.91 Å². The summed E-state index contributed by atoms with van der Waals surface area (Å²) in [5.74, 6) is 0.0380. The highest BCUT2D eigenvalue weighted by atomic mass is 16.2. The fraction of sp³-hybridized carbons (Fsp3) is 0.261. The maximum Gasteiger partial charge on any atom is 0.271 e. The van der Waals surface area contributed by atoms with Gasteiger partial charge in [-0.25, -0.2) is 0 Å². The van der Waals surface area contributed by atoms with Gasteiger partial charge in [-0.1, -0.05) is 25.1 Å². The van der Waals surface area contributed by atoms with Crippen LogP contribution >= 0.6 is 0 Å². The van der Waals surface area contributed by atoms with E-state index in [0.717, 1.165) is 53.5 Å². The third kappa shape index (κ3) is 2.83. The van der Waals surface area contributed by atoms with Gasteiger partial charge < -0.3 is 9.88 Å². The third-order valence-corrected chi connectivity index (χ3v) is 6.14. The number of carbonyl (C=O) groups excluding carboxylic acids is 1. The van der Waals surface area contributed by atoms with Crippen LogP contribution in [0.3, 0.4) is 0 Å². The topological polar surface area (TPSA) is 77.7 Å². The number of benzene rings is 1. The minimum Gasteiger partial charge on any atom is -0.351 e. The Bertz CT molecular complexity index is 1150. The molecule has 146 valence electrons. The van der Waals surface area contributed by atoms with Gasteiger partial charge in [-0.05, 0) is 49.1 Å². The molecule has 5 rings (SSSR count). The number of fused-ring (bicyclic) bond motifs is 1. The summed E-state index contributed by atoms with van der Waals surface area (Å²) >= 11 is 0. The Morgan fingerprint density at radius 1 is 1.21 bits per heavy atom. The molecule has 1 saturated heterocycles. The molecule has 3 aromatic heterocycles. The van der Waals surface area contributed by atoms with Gasteiger partial charge in [-0.15, -0.1) is 0 Å². The van der Waals surface area contributed by atoms with Crippen molar-refractivity contribution in [2.45, 2.75) is 31.7 Å². The van der Waals surface area contributed by atoms with Crippen LogP contribution in [0.1, 0.15) is 42.4 Å². The Morgan fingerprint density at radius 3 is 2.90 bits per heavy atom. The lowest BCUT2D eigenvalue weighted by molar-refractivity contribution is 0.0562. The lowest BCUT2D eigenvalue weighted by Gasteiger charge is -2.37. The predicted molar refractivity (Wildman–Crippen MR) is 112 cm³/mol. The molecule has 0 bridgehead atoms. The molecule has 0 radical (unpaired) electrons. The molecule has 6 nitrogen and oxygen atoms in total. The third-order valence-electron chi connectivity index (χ3n) is 6.14. The average molecular weight is 385 g/mol. The molecular weight excluding hydrogens is 362 g/mol. The van der Waals surface area contributed by atoms with Crippen molar-refractivity contribution in [1.82, 2.24) is 25.1 Å². The van der Waals surface area contributed by atoms with E-state index in [0.29, 0.717) is 5.69 Å². The maximum absolute atomic E-state index is 13.5. The summed E-state index contributed by atoms with van der Waals surface area (Å²) in [6, 6.07) is 14.1. The van der Waals surface area contributed by atoms with Crippen molar-refractivity contribution in [2.75, 3.05) is 6.54 Å². The van der Waals surface area contributed by atoms with E-state index in [1.807, 2.05) is 47.6 Å². The molecule has 1 aliphatic heterocycles. The number of aromatic nitrogens is 4. The second-order valence-corrected chi connectivity index (χ2v) is 7.63. The minimum absolute atomic E-state index is 0.0380. The number of nitrogens with one attached hydrogen (secondary N) is 2. The highest BCUT2D eigenvalue weighted by Gasteiger charge is 2.45. The molecule has 4 aromatic rings. The molecule has 29 heavy (non-hydrogen) atoms. The molecular formula is C23H23N5O. The van der Waals surface area contributed by atoms with E-state index in [4.69, 9.17) is 0 Å². The number of pyridine rings is 1. The van der Waals surface area contributed by atoms with E-state index in [2.05, 4.69) is 39.2 Å². The Morgan fingerprint density at radius 2 is 2.14 bits per heavy atom. The molecule has 1 atom stereocenters. The largest absolute Gasteiger partial charge is 0.351 e. The summed E-state index contributed by atoms with van der Waals surface area (Å²) in [4.78, 5) is 23.5. The fourth-order valence-electron chi connectivity index (χ4n) is 4.60. The normalized spacial score (nSPS) is 19.1. The molecule has 1 aliphatic rings. The molecule has 0 saturated carbocycles. The van der Waals surface area contributed by atoms with Gasteiger partial charge in [-0.2, -0.15) is 5.10 Å². The Labute approximate surface area is 169 Å². The summed E-state index contributed by atoms with van der Waals surface area (Å²) in [5, 5.41) is 7.89. The van der Waals surface area contributed by atoms with Gasteiger partial charge in [0, 0.05) is 35.4 Å². The lowest BCUT2D eigenvalue weighted by atomic mass is 9.88. The van der Waals surface area contributed by atoms with Gasteiger partial charge in [-0.3, -0.25) is 14.9 Å². The fourth-order valence-corrected chi connectivity index (χ4v) is 4.60. The van der Waals surface area contributed by atoms with Gasteiger partial charge in [0.05, 0.1) is 17.4 Å². The molecule has 4 heterocycles. The quantitative estimate of drug-likeness (QED) is 0.543. The molecule has 1 amide bonds. The van der Waals surface area contributed by atoms with Crippen molar-refractivity contribution in [3.8, 4) is 11.1 Å². The summed E-state index contributed by atoms with van der Waals surface area (Å²) in [7, 11) is 0. The molecule has 6 heteroatoms. The number of H-pyrrole nitrogens is 2. The van der Waals surface area contributed by atoms with Gasteiger partial charge in [0.15, 0.2) is 0 Å². The lowest BCUT2D eigenvalue weighted by Crippen LogP contribution is -2.45. The number of carbonyl (C=O) groups is 1. The molecule has 1 unspecified atom stereocenters. The van der Waals surface area contributed by atoms with Crippen molar-refractivity contribution in [1.29, 1.82) is 0 Å². The summed E-state index contributed by atoms with van der Waals surface area (Å²) in [5.41, 5.74) is 4.30. The molecule has 2 N–H and O–H groups in total. The summed E-state index contributed by atoms with van der Waals surface area (Å²) < 4.78 is 0. The first kappa shape index (κ1) is 17.7. The number of likely N-dealkylation sites (tertiary alicyclic amines) is 1. The van der Waals surface area contributed by atoms with Crippen LogP contribution in [0, 0.1) is 0 Å². The number of amides is 1. The highest BCUT2D eigenvalue weighted by molar-refractivity contribution is 5.99. The van der Waals surface area contributed by atoms with Crippen LogP contribution in [0.4, 0.5) is 0 Å². The Balaban J connectivity index is 1.52. The number of hydrogen-bond acceptors (Lipinski definition) is 3. The van der Waals surface area contributed by atoms with Crippen LogP contribution in [0.15, 0.2) is 61.1 Å². The van der Waals surface area contributed by atoms with Crippen LogP contribution in [0.2, 0.25) is 0 Å². The van der Waals surface area contributed by atoms with E-state index in [1.165, 1.54) is 0 Å². The molecule has 1 fully saturated rings. The van der Waals surface area contributed by atoms with E-state index < -0.39 is 0 Å². The van der Waals surface area contributed by atoms with Crippen LogP contribution in [0.25, 0.3) is 22.0 Å². The second-order valence-electron chi connectivity index (χ2n) is 7.63. The zero-order valence-electron chi connectivity index (χ0n) is 16.4. The van der Waals surface area contributed by atoms with Crippen molar-refractivity contribution >= 4 is 16.8 Å². The number of aromatic amines is 2. The second kappa shape index (κ2) is 6.88. The van der Waals surface area contributed by atoms with Crippen LogP contribution in [-0.4, -0.2) is 37.5 Å². The van der Waals surface area contributed by atoms with E-state index in [-0.39, 0.29) is 11.4 Å². The smallest absolute Gasteiger partial charge is 0.271 e. The zero-order valence-corrected chi connectivity index (χ0v) is 16.4. The number of hydrogen-bond donors (Lipinski definition) is 2. The molecule has 0 aliphatic carbocycles. The first-order valence-electron chi connectivity index (χ1n) is 10.1. The van der Waals surface area contributed by atoms with Crippen LogP contribution in [-0.2, 0) is 5.54 Å². The SMILES string of the molecule is CCC1(c2ccccn2)CCCN1C(=O)c1cc2ccc(-c3cn[nH]c3)cc2[nH]1. The highest BCUT2D eigenvalue weighted by Crippen LogP contribution is 2.41. The standard InChI is InChI=1S/C23H23N5O/c1-2-23(21-6-3-4-10-24-21)9-5-11-28(23)22(29)20-13-17-8-7-16(12-19(17)27-20)18-14-25-26-15-18/h3-4,6-8,10,12-15,27H,2,5,9,11H2,1H3,(H,25,26). The van der Waals surface area contributed by atoms with Crippen molar-refractivity contribution in [3.63, 3.8) is 0 Å². The monoisotopic (exact) mass is 385 g/mol. The van der Waals surface area contributed by atoms with Crippen molar-refractivity contribution in [3.05, 3.63) is 72.4 Å². The first-order valence-corrected chi connectivity index (χ1v) is 10.1.